The lowest BCUT2D eigenvalue weighted by molar-refractivity contribution is -0.238. The summed E-state index contributed by atoms with van der Waals surface area (Å²) in [7, 11) is 0. The van der Waals surface area contributed by atoms with Crippen LogP contribution in [0.15, 0.2) is 29.8 Å². The molecule has 0 aromatic heterocycles. The van der Waals surface area contributed by atoms with Crippen molar-refractivity contribution in [1.82, 2.24) is 0 Å². The fourth-order valence-electron chi connectivity index (χ4n) is 11.8. The zero-order valence-corrected chi connectivity index (χ0v) is 28.3. The van der Waals surface area contributed by atoms with Crippen molar-refractivity contribution in [2.75, 3.05) is 11.9 Å². The maximum atomic E-state index is 14.7. The second kappa shape index (κ2) is 10.4. The summed E-state index contributed by atoms with van der Waals surface area (Å²) in [6.45, 7) is 14.9. The van der Waals surface area contributed by atoms with Gasteiger partial charge in [-0.25, -0.2) is 0 Å². The number of aliphatic hydroxyl groups excluding tert-OH is 3. The zero-order chi connectivity index (χ0) is 32.2. The van der Waals surface area contributed by atoms with Gasteiger partial charge in [0.1, 0.15) is 0 Å². The van der Waals surface area contributed by atoms with E-state index in [0.29, 0.717) is 23.0 Å². The monoisotopic (exact) mass is 625 g/mol. The van der Waals surface area contributed by atoms with Gasteiger partial charge in [-0.1, -0.05) is 64.8 Å². The molecule has 7 heteroatoms. The van der Waals surface area contributed by atoms with Crippen molar-refractivity contribution in [2.24, 2.45) is 56.7 Å². The number of halogens is 1. The van der Waals surface area contributed by atoms with Crippen LogP contribution in [0.5, 0.6) is 0 Å². The summed E-state index contributed by atoms with van der Waals surface area (Å²) in [6.07, 6.45) is 5.12. The van der Waals surface area contributed by atoms with Crippen LogP contribution >= 0.6 is 11.6 Å². The van der Waals surface area contributed by atoms with Crippen molar-refractivity contribution < 1.29 is 24.9 Å². The van der Waals surface area contributed by atoms with E-state index in [0.717, 1.165) is 49.7 Å². The Labute approximate surface area is 268 Å². The molecule has 0 radical (unpaired) electrons. The number of carbonyl (C=O) groups is 2. The molecule has 1 amide bonds. The molecule has 4 N–H and O–H groups in total. The van der Waals surface area contributed by atoms with Crippen LogP contribution in [-0.4, -0.2) is 45.8 Å². The molecular weight excluding hydrogens is 574 g/mol. The highest BCUT2D eigenvalue weighted by atomic mass is 35.5. The summed E-state index contributed by atoms with van der Waals surface area (Å²) < 4.78 is 0. The third-order valence-corrected chi connectivity index (χ3v) is 15.1. The predicted octanol–water partition coefficient (Wildman–Crippen LogP) is 6.73. The molecule has 12 atom stereocenters. The maximum Gasteiger partial charge on any atom is 0.231 e. The van der Waals surface area contributed by atoms with E-state index in [-0.39, 0.29) is 52.8 Å². The molecule has 242 valence electrons. The van der Waals surface area contributed by atoms with Crippen molar-refractivity contribution >= 4 is 29.0 Å². The average Bonchev–Trinajstić information content (AvgIpc) is 2.96. The van der Waals surface area contributed by atoms with E-state index >= 15 is 0 Å². The minimum Gasteiger partial charge on any atom is -0.396 e. The Morgan fingerprint density at radius 1 is 1.05 bits per heavy atom. The van der Waals surface area contributed by atoms with E-state index in [1.807, 2.05) is 38.1 Å². The number of hydrogen-bond donors (Lipinski definition) is 4. The molecule has 0 spiro atoms. The molecule has 0 saturated heterocycles. The fourth-order valence-corrected chi connectivity index (χ4v) is 12.0. The highest BCUT2D eigenvalue weighted by molar-refractivity contribution is 6.31. The number of carbonyl (C=O) groups excluding carboxylic acids is 2. The highest BCUT2D eigenvalue weighted by Gasteiger charge is 2.72. The van der Waals surface area contributed by atoms with Crippen molar-refractivity contribution in [1.29, 1.82) is 0 Å². The Hall–Kier alpha value is -1.73. The van der Waals surface area contributed by atoms with Crippen LogP contribution in [0.2, 0.25) is 5.02 Å². The molecule has 6 nitrogen and oxygen atoms in total. The van der Waals surface area contributed by atoms with Crippen LogP contribution < -0.4 is 5.32 Å². The van der Waals surface area contributed by atoms with E-state index in [1.165, 1.54) is 0 Å². The SMILES string of the molecule is Cc1ccc(NC(=O)[C@]23CC[C@@H](C)[C@H](C)[C@H]2C2=CC(=O)[C@@H]4[C@@]5(C)C[C@@H](O)[C@H](O)[C@@](C)(CO)[C@@H]5CC[C@@]4(C)[C@]2(C)CC3)cc1Cl. The quantitative estimate of drug-likeness (QED) is 0.298. The van der Waals surface area contributed by atoms with Crippen LogP contribution in [0, 0.1) is 63.6 Å². The minimum absolute atomic E-state index is 0.0302. The smallest absolute Gasteiger partial charge is 0.231 e. The van der Waals surface area contributed by atoms with Crippen LogP contribution in [0.3, 0.4) is 0 Å². The summed E-state index contributed by atoms with van der Waals surface area (Å²) in [5, 5.41) is 36.6. The van der Waals surface area contributed by atoms with Gasteiger partial charge in [-0.3, -0.25) is 9.59 Å². The molecule has 0 heterocycles. The van der Waals surface area contributed by atoms with Crippen molar-refractivity contribution in [3.05, 3.63) is 40.4 Å². The number of amides is 1. The summed E-state index contributed by atoms with van der Waals surface area (Å²) in [5.74, 6) is 0.272. The third kappa shape index (κ3) is 4.09. The Morgan fingerprint density at radius 2 is 1.75 bits per heavy atom. The number of aryl methyl sites for hydroxylation is 1. The van der Waals surface area contributed by atoms with Crippen molar-refractivity contribution in [3.63, 3.8) is 0 Å². The summed E-state index contributed by atoms with van der Waals surface area (Å²) in [5.41, 5.74) is 0.0555. The largest absolute Gasteiger partial charge is 0.396 e. The Kier molecular flexibility index (Phi) is 7.61. The molecule has 5 aliphatic carbocycles. The molecule has 1 aromatic rings. The highest BCUT2D eigenvalue weighted by Crippen LogP contribution is 2.75. The average molecular weight is 626 g/mol. The molecule has 0 bridgehead atoms. The number of nitrogens with one attached hydrogen (secondary N) is 1. The lowest BCUT2D eigenvalue weighted by Gasteiger charge is -2.71. The standard InChI is InChI=1S/C37H52ClNO5/c1-20-10-13-37(32(44)39-23-9-8-21(2)25(38)16-23)15-14-35(6)24(29(37)22(20)3)17-26(41)30-33(4)18-27(42)31(43)34(5,19-40)28(33)11-12-36(30,35)7/h8-9,16-17,20,22,27-31,40,42-43H,10-15,18-19H2,1-7H3,(H,39,44)/t20-,22+,27-,28-,29+,30-,31+,33+,34+,35-,36-,37+/m1/s1. The first kappa shape index (κ1) is 32.2. The van der Waals surface area contributed by atoms with Crippen LogP contribution in [0.1, 0.15) is 92.1 Å². The van der Waals surface area contributed by atoms with Crippen LogP contribution in [0.25, 0.3) is 0 Å². The number of hydrogen-bond acceptors (Lipinski definition) is 5. The first-order valence-corrected chi connectivity index (χ1v) is 17.2. The summed E-state index contributed by atoms with van der Waals surface area (Å²) in [6, 6.07) is 5.67. The molecule has 5 aliphatic rings. The summed E-state index contributed by atoms with van der Waals surface area (Å²) >= 11 is 6.43. The van der Waals surface area contributed by atoms with Crippen LogP contribution in [0.4, 0.5) is 5.69 Å². The van der Waals surface area contributed by atoms with Gasteiger partial charge in [0.15, 0.2) is 5.78 Å². The summed E-state index contributed by atoms with van der Waals surface area (Å²) in [4.78, 5) is 29.1. The molecule has 0 aliphatic heterocycles. The number of ketones is 1. The minimum atomic E-state index is -1.03. The van der Waals surface area contributed by atoms with E-state index in [4.69, 9.17) is 11.6 Å². The van der Waals surface area contributed by atoms with Gasteiger partial charge in [-0.05, 0) is 116 Å². The first-order valence-electron chi connectivity index (χ1n) is 16.8. The van der Waals surface area contributed by atoms with Gasteiger partial charge in [-0.2, -0.15) is 0 Å². The van der Waals surface area contributed by atoms with Gasteiger partial charge < -0.3 is 20.6 Å². The van der Waals surface area contributed by atoms with Gasteiger partial charge in [0, 0.05) is 22.0 Å². The molecule has 4 saturated carbocycles. The van der Waals surface area contributed by atoms with Crippen molar-refractivity contribution in [3.8, 4) is 0 Å². The number of allylic oxidation sites excluding steroid dienone is 2. The Morgan fingerprint density at radius 3 is 2.41 bits per heavy atom. The zero-order valence-electron chi connectivity index (χ0n) is 27.5. The normalized spacial score (nSPS) is 48.3. The Bertz CT molecular complexity index is 1410. The molecule has 0 unspecified atom stereocenters. The third-order valence-electron chi connectivity index (χ3n) is 14.7. The number of benzene rings is 1. The number of anilines is 1. The lowest BCUT2D eigenvalue weighted by atomic mass is 9.33. The van der Waals surface area contributed by atoms with Gasteiger partial charge in [-0.15, -0.1) is 0 Å². The number of fused-ring (bicyclic) bond motifs is 7. The number of aliphatic hydroxyl groups is 3. The van der Waals surface area contributed by atoms with Gasteiger partial charge in [0.25, 0.3) is 0 Å². The molecule has 4 fully saturated rings. The maximum absolute atomic E-state index is 14.7. The lowest BCUT2D eigenvalue weighted by Crippen LogP contribution is -2.70. The number of rotatable bonds is 3. The Balaban J connectivity index is 1.45. The molecular formula is C37H52ClNO5. The second-order valence-electron chi connectivity index (χ2n) is 16.6. The predicted molar refractivity (Wildman–Crippen MR) is 173 cm³/mol. The van der Waals surface area contributed by atoms with E-state index < -0.39 is 28.5 Å². The van der Waals surface area contributed by atoms with E-state index in [9.17, 15) is 24.9 Å². The van der Waals surface area contributed by atoms with Gasteiger partial charge >= 0.3 is 0 Å². The molecule has 44 heavy (non-hydrogen) atoms. The topological polar surface area (TPSA) is 107 Å². The second-order valence-corrected chi connectivity index (χ2v) is 17.0. The van der Waals surface area contributed by atoms with Crippen molar-refractivity contribution in [2.45, 2.75) is 106 Å². The first-order chi connectivity index (χ1) is 20.5. The molecule has 1 aromatic carbocycles. The van der Waals surface area contributed by atoms with Crippen LogP contribution in [-0.2, 0) is 9.59 Å². The van der Waals surface area contributed by atoms with Gasteiger partial charge in [0.2, 0.25) is 5.91 Å². The van der Waals surface area contributed by atoms with E-state index in [1.54, 1.807) is 0 Å². The fraction of sp³-hybridized carbons (Fsp3) is 0.730. The molecule has 6 rings (SSSR count). The van der Waals surface area contributed by atoms with E-state index in [2.05, 4.69) is 39.9 Å². The van der Waals surface area contributed by atoms with Gasteiger partial charge in [0.05, 0.1) is 24.2 Å².